The molecular formula is C10H20ClNO4S. The van der Waals surface area contributed by atoms with Gasteiger partial charge in [-0.05, 0) is 33.6 Å². The molecule has 0 saturated heterocycles. The second kappa shape index (κ2) is 5.12. The van der Waals surface area contributed by atoms with E-state index in [1.54, 1.807) is 20.9 Å². The van der Waals surface area contributed by atoms with E-state index in [-0.39, 0.29) is 24.2 Å². The van der Waals surface area contributed by atoms with E-state index < -0.39 is 20.9 Å². The van der Waals surface area contributed by atoms with Crippen molar-refractivity contribution >= 4 is 28.4 Å². The van der Waals surface area contributed by atoms with Gasteiger partial charge in [0.1, 0.15) is 5.25 Å². The summed E-state index contributed by atoms with van der Waals surface area (Å²) in [5.74, 6) is -0.00151. The number of nitrogens with zero attached hydrogens (tertiary/aromatic N) is 1. The molecule has 17 heavy (non-hydrogen) atoms. The van der Waals surface area contributed by atoms with Crippen molar-refractivity contribution < 1.29 is 17.8 Å². The zero-order valence-corrected chi connectivity index (χ0v) is 12.1. The Bertz CT molecular complexity index is 389. The first-order valence-electron chi connectivity index (χ1n) is 5.32. The van der Waals surface area contributed by atoms with E-state index in [0.717, 1.165) is 12.8 Å². The highest BCUT2D eigenvalue weighted by Crippen LogP contribution is 2.34. The van der Waals surface area contributed by atoms with Gasteiger partial charge in [-0.1, -0.05) is 0 Å². The molecule has 1 saturated carbocycles. The number of rotatable bonds is 4. The number of hydrogen-bond acceptors (Lipinski definition) is 3. The molecule has 1 N–H and O–H groups in total. The van der Waals surface area contributed by atoms with Crippen molar-refractivity contribution in [1.82, 2.24) is 4.90 Å². The summed E-state index contributed by atoms with van der Waals surface area (Å²) in [6.45, 7) is 4.70. The molecule has 1 aliphatic carbocycles. The lowest BCUT2D eigenvalue weighted by Gasteiger charge is -2.39. The highest BCUT2D eigenvalue weighted by molar-refractivity contribution is 7.86. The normalized spacial score (nSPS) is 18.2. The fraction of sp³-hybridized carbons (Fsp3) is 0.900. The summed E-state index contributed by atoms with van der Waals surface area (Å²) in [4.78, 5) is 13.3. The predicted molar refractivity (Wildman–Crippen MR) is 67.8 cm³/mol. The predicted octanol–water partition coefficient (Wildman–Crippen LogP) is 1.33. The van der Waals surface area contributed by atoms with Crippen molar-refractivity contribution in [1.29, 1.82) is 0 Å². The van der Waals surface area contributed by atoms with Crippen LogP contribution in [0.3, 0.4) is 0 Å². The molecule has 0 aromatic rings. The van der Waals surface area contributed by atoms with Gasteiger partial charge in [0.05, 0.1) is 5.54 Å². The molecule has 0 aliphatic heterocycles. The number of carbonyl (C=O) groups excluding carboxylic acids is 1. The largest absolute Gasteiger partial charge is 0.339 e. The lowest BCUT2D eigenvalue weighted by atomic mass is 9.98. The summed E-state index contributed by atoms with van der Waals surface area (Å²) in [5.41, 5.74) is -0.909. The van der Waals surface area contributed by atoms with Crippen molar-refractivity contribution in [3.63, 3.8) is 0 Å². The third kappa shape index (κ3) is 3.56. The molecule has 1 aliphatic rings. The number of hydrogen-bond donors (Lipinski definition) is 1. The van der Waals surface area contributed by atoms with Crippen LogP contribution >= 0.6 is 12.4 Å². The number of carbonyl (C=O) groups is 1. The maximum absolute atomic E-state index is 11.8. The summed E-state index contributed by atoms with van der Waals surface area (Å²) >= 11 is 0. The quantitative estimate of drug-likeness (QED) is 0.791. The zero-order chi connectivity index (χ0) is 12.7. The maximum Gasteiger partial charge on any atom is 0.269 e. The SMILES string of the molecule is CC(C(C)(C)N(C)C(=O)C1CC1)S(=O)(=O)O.Cl. The van der Waals surface area contributed by atoms with E-state index in [1.807, 2.05) is 0 Å². The van der Waals surface area contributed by atoms with E-state index in [9.17, 15) is 13.2 Å². The lowest BCUT2D eigenvalue weighted by Crippen LogP contribution is -2.54. The fourth-order valence-corrected chi connectivity index (χ4v) is 2.41. The monoisotopic (exact) mass is 285 g/mol. The average Bonchev–Trinajstić information content (AvgIpc) is 2.95. The minimum atomic E-state index is -4.14. The van der Waals surface area contributed by atoms with Gasteiger partial charge in [0, 0.05) is 13.0 Å². The molecule has 7 heteroatoms. The zero-order valence-electron chi connectivity index (χ0n) is 10.5. The Hall–Kier alpha value is -0.330. The molecule has 1 fully saturated rings. The third-order valence-corrected chi connectivity index (χ3v) is 5.03. The fourth-order valence-electron chi connectivity index (χ4n) is 1.53. The van der Waals surface area contributed by atoms with Crippen LogP contribution < -0.4 is 0 Å². The first-order valence-corrected chi connectivity index (χ1v) is 6.82. The van der Waals surface area contributed by atoms with Crippen molar-refractivity contribution in [2.45, 2.75) is 44.4 Å². The van der Waals surface area contributed by atoms with Gasteiger partial charge in [0.15, 0.2) is 0 Å². The van der Waals surface area contributed by atoms with Crippen LogP contribution in [0.5, 0.6) is 0 Å². The minimum Gasteiger partial charge on any atom is -0.339 e. The molecule has 1 atom stereocenters. The number of halogens is 1. The summed E-state index contributed by atoms with van der Waals surface area (Å²) < 4.78 is 31.3. The Kier molecular flexibility index (Phi) is 5.02. The molecule has 1 rings (SSSR count). The van der Waals surface area contributed by atoms with E-state index in [0.29, 0.717) is 0 Å². The Labute approximate surface area is 109 Å². The summed E-state index contributed by atoms with van der Waals surface area (Å²) in [5, 5.41) is -1.01. The van der Waals surface area contributed by atoms with Crippen LogP contribution in [-0.2, 0) is 14.9 Å². The topological polar surface area (TPSA) is 74.7 Å². The van der Waals surface area contributed by atoms with Crippen LogP contribution in [0.1, 0.15) is 33.6 Å². The van der Waals surface area contributed by atoms with Crippen LogP contribution in [-0.4, -0.2) is 41.6 Å². The van der Waals surface area contributed by atoms with Gasteiger partial charge in [-0.25, -0.2) is 0 Å². The van der Waals surface area contributed by atoms with Gasteiger partial charge in [0.2, 0.25) is 5.91 Å². The molecule has 0 heterocycles. The van der Waals surface area contributed by atoms with Crippen LogP contribution in [0.4, 0.5) is 0 Å². The summed E-state index contributed by atoms with van der Waals surface area (Å²) in [7, 11) is -2.55. The van der Waals surface area contributed by atoms with E-state index in [4.69, 9.17) is 4.55 Å². The van der Waals surface area contributed by atoms with Crippen LogP contribution in [0.2, 0.25) is 0 Å². The van der Waals surface area contributed by atoms with Crippen molar-refractivity contribution in [2.24, 2.45) is 5.92 Å². The molecule has 102 valence electrons. The summed E-state index contributed by atoms with van der Waals surface area (Å²) in [6, 6.07) is 0. The van der Waals surface area contributed by atoms with Crippen molar-refractivity contribution in [2.75, 3.05) is 7.05 Å². The Morgan fingerprint density at radius 2 is 1.82 bits per heavy atom. The van der Waals surface area contributed by atoms with E-state index in [1.165, 1.54) is 11.8 Å². The average molecular weight is 286 g/mol. The number of amides is 1. The van der Waals surface area contributed by atoms with Gasteiger partial charge in [-0.2, -0.15) is 8.42 Å². The van der Waals surface area contributed by atoms with E-state index >= 15 is 0 Å². The molecule has 0 aromatic carbocycles. The Morgan fingerprint density at radius 1 is 1.41 bits per heavy atom. The first-order chi connectivity index (χ1) is 7.08. The third-order valence-electron chi connectivity index (χ3n) is 3.56. The van der Waals surface area contributed by atoms with Crippen molar-refractivity contribution in [3.05, 3.63) is 0 Å². The second-order valence-corrected chi connectivity index (χ2v) is 6.72. The van der Waals surface area contributed by atoms with Gasteiger partial charge >= 0.3 is 0 Å². The van der Waals surface area contributed by atoms with Crippen LogP contribution in [0.25, 0.3) is 0 Å². The standard InChI is InChI=1S/C10H19NO4S.ClH/c1-7(16(13,14)15)10(2,3)11(4)9(12)8-5-6-8;/h7-8H,5-6H2,1-4H3,(H,13,14,15);1H. The van der Waals surface area contributed by atoms with Crippen LogP contribution in [0.15, 0.2) is 0 Å². The molecule has 0 radical (unpaired) electrons. The maximum atomic E-state index is 11.8. The Morgan fingerprint density at radius 3 is 2.12 bits per heavy atom. The van der Waals surface area contributed by atoms with Crippen LogP contribution in [0, 0.1) is 5.92 Å². The molecule has 5 nitrogen and oxygen atoms in total. The molecule has 0 spiro atoms. The van der Waals surface area contributed by atoms with Crippen molar-refractivity contribution in [3.8, 4) is 0 Å². The van der Waals surface area contributed by atoms with Gasteiger partial charge in [0.25, 0.3) is 10.1 Å². The lowest BCUT2D eigenvalue weighted by molar-refractivity contribution is -0.136. The highest BCUT2D eigenvalue weighted by Gasteiger charge is 2.43. The molecule has 0 aromatic heterocycles. The molecule has 1 unspecified atom stereocenters. The smallest absolute Gasteiger partial charge is 0.269 e. The first kappa shape index (κ1) is 16.7. The Balaban J connectivity index is 0.00000256. The second-order valence-electron chi connectivity index (χ2n) is 4.98. The minimum absolute atomic E-state index is 0. The van der Waals surface area contributed by atoms with E-state index in [2.05, 4.69) is 0 Å². The molecule has 1 amide bonds. The summed E-state index contributed by atoms with van der Waals surface area (Å²) in [6.07, 6.45) is 1.75. The van der Waals surface area contributed by atoms with Gasteiger partial charge in [-0.3, -0.25) is 9.35 Å². The molecular weight excluding hydrogens is 266 g/mol. The van der Waals surface area contributed by atoms with Gasteiger partial charge in [-0.15, -0.1) is 12.4 Å². The van der Waals surface area contributed by atoms with Gasteiger partial charge < -0.3 is 4.90 Å². The molecule has 0 bridgehead atoms. The highest BCUT2D eigenvalue weighted by atomic mass is 35.5.